The van der Waals surface area contributed by atoms with E-state index < -0.39 is 5.97 Å². The van der Waals surface area contributed by atoms with Crippen LogP contribution in [0.4, 0.5) is 5.69 Å². The number of anilines is 1. The van der Waals surface area contributed by atoms with Crippen LogP contribution in [0.1, 0.15) is 35.3 Å². The SMILES string of the molecule is Cc1nn(C)c2ncc(C(=O)O)c(NCC3CCC3)c12. The lowest BCUT2D eigenvalue weighted by molar-refractivity contribution is 0.0697. The molecule has 6 nitrogen and oxygen atoms in total. The fourth-order valence-corrected chi connectivity index (χ4v) is 2.70. The average Bonchev–Trinajstić information content (AvgIpc) is 2.63. The minimum atomic E-state index is -0.959. The highest BCUT2D eigenvalue weighted by molar-refractivity contribution is 6.04. The van der Waals surface area contributed by atoms with Crippen LogP contribution >= 0.6 is 0 Å². The smallest absolute Gasteiger partial charge is 0.339 e. The molecule has 0 unspecified atom stereocenters. The van der Waals surface area contributed by atoms with E-state index in [1.807, 2.05) is 14.0 Å². The van der Waals surface area contributed by atoms with E-state index >= 15 is 0 Å². The zero-order chi connectivity index (χ0) is 14.3. The summed E-state index contributed by atoms with van der Waals surface area (Å²) >= 11 is 0. The second-order valence-corrected chi connectivity index (χ2v) is 5.44. The van der Waals surface area contributed by atoms with Crippen LogP contribution in [0.5, 0.6) is 0 Å². The molecule has 106 valence electrons. The number of fused-ring (bicyclic) bond motifs is 1. The minimum absolute atomic E-state index is 0.216. The molecule has 0 bridgehead atoms. The predicted molar refractivity (Wildman–Crippen MR) is 76.0 cm³/mol. The quantitative estimate of drug-likeness (QED) is 0.893. The van der Waals surface area contributed by atoms with Crippen LogP contribution in [0.2, 0.25) is 0 Å². The molecule has 0 aliphatic heterocycles. The highest BCUT2D eigenvalue weighted by atomic mass is 16.4. The number of carbonyl (C=O) groups is 1. The van der Waals surface area contributed by atoms with Crippen molar-refractivity contribution in [2.24, 2.45) is 13.0 Å². The van der Waals surface area contributed by atoms with E-state index in [-0.39, 0.29) is 5.56 Å². The Kier molecular flexibility index (Phi) is 3.08. The third kappa shape index (κ3) is 2.01. The molecular weight excluding hydrogens is 256 g/mol. The maximum atomic E-state index is 11.4. The van der Waals surface area contributed by atoms with Crippen molar-refractivity contribution in [2.45, 2.75) is 26.2 Å². The second kappa shape index (κ2) is 4.77. The zero-order valence-electron chi connectivity index (χ0n) is 11.7. The predicted octanol–water partition coefficient (Wildman–Crippen LogP) is 2.19. The highest BCUT2D eigenvalue weighted by Crippen LogP contribution is 2.31. The number of nitrogens with one attached hydrogen (secondary N) is 1. The summed E-state index contributed by atoms with van der Waals surface area (Å²) < 4.78 is 1.69. The van der Waals surface area contributed by atoms with Gasteiger partial charge in [0.25, 0.3) is 0 Å². The number of carboxylic acid groups (broad SMARTS) is 1. The maximum Gasteiger partial charge on any atom is 0.339 e. The van der Waals surface area contributed by atoms with Crippen molar-refractivity contribution in [2.75, 3.05) is 11.9 Å². The topological polar surface area (TPSA) is 80.0 Å². The molecule has 0 atom stereocenters. The number of aryl methyl sites for hydroxylation is 2. The molecule has 1 aliphatic rings. The van der Waals surface area contributed by atoms with Crippen LogP contribution in [-0.4, -0.2) is 32.4 Å². The molecule has 6 heteroatoms. The van der Waals surface area contributed by atoms with E-state index in [0.717, 1.165) is 17.6 Å². The van der Waals surface area contributed by atoms with Crippen molar-refractivity contribution in [3.8, 4) is 0 Å². The largest absolute Gasteiger partial charge is 0.478 e. The van der Waals surface area contributed by atoms with Gasteiger partial charge in [-0.25, -0.2) is 9.78 Å². The molecule has 0 spiro atoms. The Labute approximate surface area is 116 Å². The fourth-order valence-electron chi connectivity index (χ4n) is 2.70. The highest BCUT2D eigenvalue weighted by Gasteiger charge is 2.22. The van der Waals surface area contributed by atoms with Crippen molar-refractivity contribution >= 4 is 22.7 Å². The van der Waals surface area contributed by atoms with Crippen LogP contribution in [0.25, 0.3) is 11.0 Å². The molecule has 2 N–H and O–H groups in total. The van der Waals surface area contributed by atoms with Gasteiger partial charge in [-0.1, -0.05) is 6.42 Å². The van der Waals surface area contributed by atoms with Gasteiger partial charge in [0, 0.05) is 19.8 Å². The Morgan fingerprint density at radius 1 is 1.55 bits per heavy atom. The Balaban J connectivity index is 2.07. The van der Waals surface area contributed by atoms with Gasteiger partial charge in [0.2, 0.25) is 0 Å². The molecular formula is C14H18N4O2. The number of carboxylic acids is 1. The molecule has 1 aliphatic carbocycles. The average molecular weight is 274 g/mol. The van der Waals surface area contributed by atoms with Crippen molar-refractivity contribution in [3.63, 3.8) is 0 Å². The minimum Gasteiger partial charge on any atom is -0.478 e. The summed E-state index contributed by atoms with van der Waals surface area (Å²) in [6, 6.07) is 0. The lowest BCUT2D eigenvalue weighted by Crippen LogP contribution is -2.22. The van der Waals surface area contributed by atoms with Crippen molar-refractivity contribution in [3.05, 3.63) is 17.5 Å². The third-order valence-corrected chi connectivity index (χ3v) is 4.05. The molecule has 0 radical (unpaired) electrons. The first kappa shape index (κ1) is 12.9. The lowest BCUT2D eigenvalue weighted by Gasteiger charge is -2.26. The van der Waals surface area contributed by atoms with Gasteiger partial charge in [-0.05, 0) is 25.7 Å². The number of hydrogen-bond acceptors (Lipinski definition) is 4. The normalized spacial score (nSPS) is 15.3. The van der Waals surface area contributed by atoms with Crippen LogP contribution in [-0.2, 0) is 7.05 Å². The van der Waals surface area contributed by atoms with Gasteiger partial charge in [-0.3, -0.25) is 4.68 Å². The molecule has 1 fully saturated rings. The number of rotatable bonds is 4. The van der Waals surface area contributed by atoms with E-state index in [2.05, 4.69) is 15.4 Å². The zero-order valence-corrected chi connectivity index (χ0v) is 11.7. The monoisotopic (exact) mass is 274 g/mol. The second-order valence-electron chi connectivity index (χ2n) is 5.44. The number of hydrogen-bond donors (Lipinski definition) is 2. The number of aromatic nitrogens is 3. The summed E-state index contributed by atoms with van der Waals surface area (Å²) in [6.07, 6.45) is 5.12. The Morgan fingerprint density at radius 3 is 2.90 bits per heavy atom. The Morgan fingerprint density at radius 2 is 2.30 bits per heavy atom. The summed E-state index contributed by atoms with van der Waals surface area (Å²) in [5.41, 5.74) is 2.38. The lowest BCUT2D eigenvalue weighted by atomic mass is 9.85. The summed E-state index contributed by atoms with van der Waals surface area (Å²) in [6.45, 7) is 2.69. The van der Waals surface area contributed by atoms with Crippen LogP contribution in [0, 0.1) is 12.8 Å². The summed E-state index contributed by atoms with van der Waals surface area (Å²) in [5.74, 6) is -0.310. The molecule has 2 aromatic rings. The molecule has 0 amide bonds. The van der Waals surface area contributed by atoms with Crippen LogP contribution in [0.3, 0.4) is 0 Å². The van der Waals surface area contributed by atoms with E-state index in [1.54, 1.807) is 4.68 Å². The molecule has 2 aromatic heterocycles. The summed E-state index contributed by atoms with van der Waals surface area (Å²) in [4.78, 5) is 15.6. The number of aromatic carboxylic acids is 1. The van der Waals surface area contributed by atoms with Gasteiger partial charge in [0.15, 0.2) is 5.65 Å². The Hall–Kier alpha value is -2.11. The van der Waals surface area contributed by atoms with E-state index in [1.165, 1.54) is 25.5 Å². The molecule has 1 saturated carbocycles. The van der Waals surface area contributed by atoms with Crippen LogP contribution < -0.4 is 5.32 Å². The molecule has 20 heavy (non-hydrogen) atoms. The molecule has 3 rings (SSSR count). The van der Waals surface area contributed by atoms with Crippen molar-refractivity contribution in [1.82, 2.24) is 14.8 Å². The molecule has 0 saturated heterocycles. The van der Waals surface area contributed by atoms with E-state index in [9.17, 15) is 9.90 Å². The van der Waals surface area contributed by atoms with Gasteiger partial charge < -0.3 is 10.4 Å². The first-order valence-electron chi connectivity index (χ1n) is 6.87. The maximum absolute atomic E-state index is 11.4. The summed E-state index contributed by atoms with van der Waals surface area (Å²) in [5, 5.41) is 17.8. The Bertz CT molecular complexity index is 673. The number of pyridine rings is 1. The van der Waals surface area contributed by atoms with Gasteiger partial charge in [-0.15, -0.1) is 0 Å². The molecule has 0 aromatic carbocycles. The van der Waals surface area contributed by atoms with E-state index in [4.69, 9.17) is 0 Å². The molecule has 2 heterocycles. The van der Waals surface area contributed by atoms with Crippen molar-refractivity contribution < 1.29 is 9.90 Å². The van der Waals surface area contributed by atoms with Gasteiger partial charge in [0.1, 0.15) is 5.56 Å². The first-order chi connectivity index (χ1) is 9.58. The first-order valence-corrected chi connectivity index (χ1v) is 6.87. The number of nitrogens with zero attached hydrogens (tertiary/aromatic N) is 3. The van der Waals surface area contributed by atoms with Crippen molar-refractivity contribution in [1.29, 1.82) is 0 Å². The standard InChI is InChI=1S/C14H18N4O2/c1-8-11-12(15-6-9-4-3-5-9)10(14(19)20)7-16-13(11)18(2)17-8/h7,9H,3-6H2,1-2H3,(H,15,16)(H,19,20). The fraction of sp³-hybridized carbons (Fsp3) is 0.500. The van der Waals surface area contributed by atoms with Crippen LogP contribution in [0.15, 0.2) is 6.20 Å². The van der Waals surface area contributed by atoms with Gasteiger partial charge in [0.05, 0.1) is 16.8 Å². The van der Waals surface area contributed by atoms with E-state index in [0.29, 0.717) is 17.3 Å². The summed E-state index contributed by atoms with van der Waals surface area (Å²) in [7, 11) is 1.82. The third-order valence-electron chi connectivity index (χ3n) is 4.05. The van der Waals surface area contributed by atoms with Gasteiger partial charge >= 0.3 is 5.97 Å². The van der Waals surface area contributed by atoms with Gasteiger partial charge in [-0.2, -0.15) is 5.10 Å².